The van der Waals surface area contributed by atoms with Crippen molar-refractivity contribution in [3.8, 4) is 33.4 Å². The Morgan fingerprint density at radius 2 is 0.612 bits per heavy atom. The fourth-order valence-corrected chi connectivity index (χ4v) is 13.0. The van der Waals surface area contributed by atoms with Crippen LogP contribution in [-0.4, -0.2) is 0 Å². The standard InChI is InChI=1S/C66H38S/c1-6-18-49-39(13-1)29-32-57-61-37-59-51-20-8-7-19-50(51)58-36-43(30-31-52(58)60(59)38-62(61)67-66(49)57)41-25-26-42-34-46(28-27-40(42)33-41)63-53-21-9-11-23-55(53)65(56-24-12-10-22-54(56)63)64-47-16-4-2-14-44(47)35-45-15-3-5-17-48(45)64/h1-38H. The van der Waals surface area contributed by atoms with E-state index in [2.05, 4.69) is 231 Å². The molecule has 0 amide bonds. The molecule has 0 bridgehead atoms. The van der Waals surface area contributed by atoms with E-state index < -0.39 is 0 Å². The Balaban J connectivity index is 0.884. The van der Waals surface area contributed by atoms with E-state index in [0.717, 1.165) is 0 Å². The number of hydrogen-bond donors (Lipinski definition) is 0. The number of benzene rings is 14. The van der Waals surface area contributed by atoms with Crippen molar-refractivity contribution in [2.75, 3.05) is 0 Å². The number of fused-ring (bicyclic) bond motifs is 16. The summed E-state index contributed by atoms with van der Waals surface area (Å²) in [5.41, 5.74) is 7.56. The van der Waals surface area contributed by atoms with Crippen LogP contribution < -0.4 is 0 Å². The van der Waals surface area contributed by atoms with Crippen molar-refractivity contribution >= 4 is 128 Å². The molecule has 0 aliphatic carbocycles. The third kappa shape index (κ3) is 5.41. The summed E-state index contributed by atoms with van der Waals surface area (Å²) in [6.07, 6.45) is 0. The lowest BCUT2D eigenvalue weighted by Gasteiger charge is -2.20. The summed E-state index contributed by atoms with van der Waals surface area (Å²) in [6.45, 7) is 0. The molecule has 0 atom stereocenters. The van der Waals surface area contributed by atoms with E-state index in [1.54, 1.807) is 0 Å². The monoisotopic (exact) mass is 862 g/mol. The molecule has 14 aromatic carbocycles. The fraction of sp³-hybridized carbons (Fsp3) is 0. The highest BCUT2D eigenvalue weighted by molar-refractivity contribution is 7.26. The molecular weight excluding hydrogens is 825 g/mol. The minimum Gasteiger partial charge on any atom is -0.135 e. The Labute approximate surface area is 390 Å². The van der Waals surface area contributed by atoms with Gasteiger partial charge in [0.25, 0.3) is 0 Å². The van der Waals surface area contributed by atoms with Crippen molar-refractivity contribution in [1.82, 2.24) is 0 Å². The SMILES string of the molecule is c1ccc2c(-c3c4ccccc4c(-c4ccc5cc(-c6ccc7c(c6)c6ccccc6c6cc8c(cc76)sc6c7ccccc7ccc86)ccc5c4)c4ccccc34)c3ccccc3cc2c1. The third-order valence-corrected chi connectivity index (χ3v) is 15.9. The highest BCUT2D eigenvalue weighted by atomic mass is 32.1. The van der Waals surface area contributed by atoms with Crippen molar-refractivity contribution < 1.29 is 0 Å². The predicted octanol–water partition coefficient (Wildman–Crippen LogP) is 19.4. The van der Waals surface area contributed by atoms with Gasteiger partial charge < -0.3 is 0 Å². The molecule has 0 unspecified atom stereocenters. The summed E-state index contributed by atoms with van der Waals surface area (Å²) in [7, 11) is 0. The number of rotatable bonds is 3. The van der Waals surface area contributed by atoms with Crippen molar-refractivity contribution in [1.29, 1.82) is 0 Å². The zero-order valence-corrected chi connectivity index (χ0v) is 37.2. The van der Waals surface area contributed by atoms with Crippen LogP contribution in [0, 0.1) is 0 Å². The summed E-state index contributed by atoms with van der Waals surface area (Å²) < 4.78 is 2.71. The Morgan fingerprint density at radius 1 is 0.194 bits per heavy atom. The van der Waals surface area contributed by atoms with Crippen LogP contribution in [0.2, 0.25) is 0 Å². The maximum atomic E-state index is 2.46. The van der Waals surface area contributed by atoms with Gasteiger partial charge in [0.15, 0.2) is 0 Å². The van der Waals surface area contributed by atoms with Crippen LogP contribution in [0.4, 0.5) is 0 Å². The summed E-state index contributed by atoms with van der Waals surface area (Å²) in [5.74, 6) is 0. The Hall–Kier alpha value is -8.36. The lowest BCUT2D eigenvalue weighted by atomic mass is 9.83. The highest BCUT2D eigenvalue weighted by Gasteiger charge is 2.21. The van der Waals surface area contributed by atoms with Gasteiger partial charge in [0.1, 0.15) is 0 Å². The largest absolute Gasteiger partial charge is 0.135 e. The van der Waals surface area contributed by atoms with Crippen LogP contribution in [0.15, 0.2) is 231 Å². The third-order valence-electron chi connectivity index (χ3n) is 14.7. The maximum Gasteiger partial charge on any atom is 0.0433 e. The second-order valence-electron chi connectivity index (χ2n) is 18.3. The van der Waals surface area contributed by atoms with Gasteiger partial charge in [0.05, 0.1) is 0 Å². The van der Waals surface area contributed by atoms with Gasteiger partial charge in [0.2, 0.25) is 0 Å². The first-order valence-corrected chi connectivity index (χ1v) is 24.0. The van der Waals surface area contributed by atoms with Gasteiger partial charge in [0, 0.05) is 20.2 Å². The van der Waals surface area contributed by atoms with Gasteiger partial charge in [-0.15, -0.1) is 11.3 Å². The van der Waals surface area contributed by atoms with Crippen LogP contribution in [0.3, 0.4) is 0 Å². The van der Waals surface area contributed by atoms with Gasteiger partial charge in [-0.1, -0.05) is 194 Å². The van der Waals surface area contributed by atoms with E-state index >= 15 is 0 Å². The highest BCUT2D eigenvalue weighted by Crippen LogP contribution is 2.49. The Kier molecular flexibility index (Phi) is 7.75. The van der Waals surface area contributed by atoms with E-state index in [4.69, 9.17) is 0 Å². The molecule has 0 fully saturated rings. The summed E-state index contributed by atoms with van der Waals surface area (Å²) in [6, 6.07) is 86.6. The molecule has 0 nitrogen and oxygen atoms in total. The molecule has 0 saturated carbocycles. The summed E-state index contributed by atoms with van der Waals surface area (Å²) in [5, 5.41) is 25.7. The topological polar surface area (TPSA) is 0 Å². The minimum absolute atomic E-state index is 1.22. The Morgan fingerprint density at radius 3 is 1.27 bits per heavy atom. The average molecular weight is 863 g/mol. The van der Waals surface area contributed by atoms with Gasteiger partial charge in [-0.25, -0.2) is 0 Å². The molecule has 0 radical (unpaired) electrons. The first-order chi connectivity index (χ1) is 33.2. The quantitative estimate of drug-likeness (QED) is 0.123. The molecule has 15 aromatic rings. The normalized spacial score (nSPS) is 12.2. The van der Waals surface area contributed by atoms with Crippen molar-refractivity contribution in [2.24, 2.45) is 0 Å². The van der Waals surface area contributed by atoms with Gasteiger partial charge >= 0.3 is 0 Å². The predicted molar refractivity (Wildman–Crippen MR) is 293 cm³/mol. The summed E-state index contributed by atoms with van der Waals surface area (Å²) in [4.78, 5) is 0. The Bertz CT molecular complexity index is 4510. The molecule has 15 rings (SSSR count). The molecular formula is C66H38S. The van der Waals surface area contributed by atoms with Gasteiger partial charge in [-0.3, -0.25) is 0 Å². The van der Waals surface area contributed by atoms with Crippen molar-refractivity contribution in [3.63, 3.8) is 0 Å². The molecule has 0 saturated heterocycles. The first-order valence-electron chi connectivity index (χ1n) is 23.2. The maximum absolute atomic E-state index is 2.46. The lowest BCUT2D eigenvalue weighted by molar-refractivity contribution is 1.67. The molecule has 1 heteroatoms. The van der Waals surface area contributed by atoms with E-state index in [-0.39, 0.29) is 0 Å². The molecule has 0 aliphatic rings. The zero-order valence-electron chi connectivity index (χ0n) is 36.3. The van der Waals surface area contributed by atoms with Crippen LogP contribution in [0.1, 0.15) is 0 Å². The van der Waals surface area contributed by atoms with Gasteiger partial charge in [-0.05, 0) is 167 Å². The van der Waals surface area contributed by atoms with Crippen molar-refractivity contribution in [3.05, 3.63) is 231 Å². The van der Waals surface area contributed by atoms with E-state index in [1.165, 1.54) is 151 Å². The second kappa shape index (κ2) is 14.1. The van der Waals surface area contributed by atoms with Crippen LogP contribution in [0.5, 0.6) is 0 Å². The lowest BCUT2D eigenvalue weighted by Crippen LogP contribution is -1.93. The summed E-state index contributed by atoms with van der Waals surface area (Å²) >= 11 is 1.92. The van der Waals surface area contributed by atoms with E-state index in [9.17, 15) is 0 Å². The number of hydrogen-bond acceptors (Lipinski definition) is 1. The fourth-order valence-electron chi connectivity index (χ4n) is 11.7. The molecule has 0 aliphatic heterocycles. The van der Waals surface area contributed by atoms with Crippen LogP contribution in [-0.2, 0) is 0 Å². The molecule has 308 valence electrons. The smallest absolute Gasteiger partial charge is 0.0433 e. The van der Waals surface area contributed by atoms with Crippen LogP contribution in [0.25, 0.3) is 151 Å². The number of thiophene rings is 1. The van der Waals surface area contributed by atoms with Gasteiger partial charge in [-0.2, -0.15) is 0 Å². The second-order valence-corrected chi connectivity index (χ2v) is 19.3. The molecule has 0 spiro atoms. The molecule has 1 aromatic heterocycles. The van der Waals surface area contributed by atoms with Crippen molar-refractivity contribution in [2.45, 2.75) is 0 Å². The van der Waals surface area contributed by atoms with Crippen LogP contribution >= 0.6 is 11.3 Å². The van der Waals surface area contributed by atoms with E-state index in [0.29, 0.717) is 0 Å². The zero-order chi connectivity index (χ0) is 43.7. The first kappa shape index (κ1) is 36.9. The minimum atomic E-state index is 1.22. The van der Waals surface area contributed by atoms with E-state index in [1.807, 2.05) is 11.3 Å². The molecule has 1 heterocycles. The average Bonchev–Trinajstić information content (AvgIpc) is 3.77. The molecule has 67 heavy (non-hydrogen) atoms. The molecule has 0 N–H and O–H groups in total.